The number of benzene rings is 2. The van der Waals surface area contributed by atoms with Gasteiger partial charge in [0.25, 0.3) is 0 Å². The van der Waals surface area contributed by atoms with Gasteiger partial charge in [-0.15, -0.1) is 0 Å². The van der Waals surface area contributed by atoms with E-state index in [9.17, 15) is 4.79 Å². The van der Waals surface area contributed by atoms with E-state index in [-0.39, 0.29) is 6.03 Å². The van der Waals surface area contributed by atoms with Crippen LogP contribution >= 0.6 is 0 Å². The Morgan fingerprint density at radius 1 is 1.12 bits per heavy atom. The van der Waals surface area contributed by atoms with E-state index in [4.69, 9.17) is 4.74 Å². The summed E-state index contributed by atoms with van der Waals surface area (Å²) in [5.41, 5.74) is 3.38. The van der Waals surface area contributed by atoms with Crippen molar-refractivity contribution >= 4 is 23.0 Å². The van der Waals surface area contributed by atoms with E-state index in [1.54, 1.807) is 12.0 Å². The summed E-state index contributed by atoms with van der Waals surface area (Å²) in [6, 6.07) is 15.1. The van der Waals surface area contributed by atoms with Gasteiger partial charge in [-0.3, -0.25) is 4.90 Å². The lowest BCUT2D eigenvalue weighted by atomic mass is 9.89. The molecule has 0 unspecified atom stereocenters. The Labute approximate surface area is 142 Å². The van der Waals surface area contributed by atoms with E-state index in [1.165, 1.54) is 0 Å². The number of carbonyl (C=O) groups excluding carboxylic acids is 1. The molecule has 0 aliphatic carbocycles. The molecule has 124 valence electrons. The van der Waals surface area contributed by atoms with Crippen molar-refractivity contribution in [3.05, 3.63) is 60.2 Å². The number of rotatable bonds is 2. The van der Waals surface area contributed by atoms with Crippen molar-refractivity contribution in [2.75, 3.05) is 17.3 Å². The molecule has 1 heterocycles. The normalized spacial score (nSPS) is 15.3. The number of para-hydroxylation sites is 1. The van der Waals surface area contributed by atoms with Crippen LogP contribution in [0, 0.1) is 0 Å². The average molecular weight is 322 g/mol. The number of nitrogens with one attached hydrogen (secondary N) is 1. The highest BCUT2D eigenvalue weighted by atomic mass is 16.5. The zero-order chi connectivity index (χ0) is 17.3. The fourth-order valence-electron chi connectivity index (χ4n) is 3.21. The molecule has 2 aromatic rings. The van der Waals surface area contributed by atoms with E-state index in [0.717, 1.165) is 28.3 Å². The van der Waals surface area contributed by atoms with Gasteiger partial charge in [0.2, 0.25) is 0 Å². The van der Waals surface area contributed by atoms with Crippen LogP contribution in [0.25, 0.3) is 5.57 Å². The smallest absolute Gasteiger partial charge is 0.327 e. The van der Waals surface area contributed by atoms with Crippen molar-refractivity contribution in [3.63, 3.8) is 0 Å². The van der Waals surface area contributed by atoms with E-state index in [2.05, 4.69) is 18.3 Å². The van der Waals surface area contributed by atoms with Gasteiger partial charge in [0.15, 0.2) is 0 Å². The third-order valence-corrected chi connectivity index (χ3v) is 4.24. The molecular formula is C20H22N2O2. The van der Waals surface area contributed by atoms with Crippen molar-refractivity contribution in [2.45, 2.75) is 26.3 Å². The Kier molecular flexibility index (Phi) is 4.06. The average Bonchev–Trinajstić information content (AvgIpc) is 2.54. The molecule has 0 fully saturated rings. The summed E-state index contributed by atoms with van der Waals surface area (Å²) in [6.07, 6.45) is 2.12. The van der Waals surface area contributed by atoms with Crippen LogP contribution in [0.4, 0.5) is 16.2 Å². The molecule has 1 aliphatic heterocycles. The Balaban J connectivity index is 2.04. The summed E-state index contributed by atoms with van der Waals surface area (Å²) in [4.78, 5) is 14.8. The molecule has 2 aromatic carbocycles. The van der Waals surface area contributed by atoms with Crippen LogP contribution in [0.3, 0.4) is 0 Å². The second kappa shape index (κ2) is 6.04. The van der Waals surface area contributed by atoms with Crippen molar-refractivity contribution in [2.24, 2.45) is 0 Å². The molecule has 1 aliphatic rings. The number of methoxy groups -OCH3 is 1. The lowest BCUT2D eigenvalue weighted by Gasteiger charge is -2.41. The van der Waals surface area contributed by atoms with E-state index in [0.29, 0.717) is 0 Å². The first-order valence-electron chi connectivity index (χ1n) is 7.96. The van der Waals surface area contributed by atoms with Gasteiger partial charge in [-0.1, -0.05) is 24.3 Å². The van der Waals surface area contributed by atoms with Crippen LogP contribution in [-0.4, -0.2) is 18.7 Å². The first-order valence-corrected chi connectivity index (χ1v) is 7.96. The number of carbonyl (C=O) groups is 1. The van der Waals surface area contributed by atoms with E-state index in [1.807, 2.05) is 62.4 Å². The van der Waals surface area contributed by atoms with Crippen LogP contribution in [0.1, 0.15) is 26.3 Å². The van der Waals surface area contributed by atoms with Gasteiger partial charge >= 0.3 is 6.03 Å². The molecule has 2 amide bonds. The Bertz CT molecular complexity index is 795. The van der Waals surface area contributed by atoms with Gasteiger partial charge in [0.05, 0.1) is 18.3 Å². The first-order chi connectivity index (χ1) is 11.4. The standard InChI is InChI=1S/C20H22N2O2/c1-14-13-20(2,3)22(18-12-16(24-4)10-11-17(14)18)19(23)21-15-8-6-5-7-9-15/h5-13H,1-4H3,(H,21,23). The summed E-state index contributed by atoms with van der Waals surface area (Å²) in [5, 5.41) is 2.98. The molecule has 0 atom stereocenters. The lowest BCUT2D eigenvalue weighted by molar-refractivity contribution is 0.253. The molecule has 0 radical (unpaired) electrons. The molecule has 0 bridgehead atoms. The van der Waals surface area contributed by atoms with Crippen LogP contribution in [0.5, 0.6) is 5.75 Å². The number of anilines is 2. The molecule has 1 N–H and O–H groups in total. The van der Waals surface area contributed by atoms with Crippen LogP contribution in [0.15, 0.2) is 54.6 Å². The summed E-state index contributed by atoms with van der Waals surface area (Å²) in [6.45, 7) is 6.13. The number of hydrogen-bond acceptors (Lipinski definition) is 2. The molecule has 0 saturated heterocycles. The topological polar surface area (TPSA) is 41.6 Å². The highest BCUT2D eigenvalue weighted by Crippen LogP contribution is 2.41. The first kappa shape index (κ1) is 16.1. The second-order valence-electron chi connectivity index (χ2n) is 6.50. The highest BCUT2D eigenvalue weighted by Gasteiger charge is 2.36. The molecule has 0 aromatic heterocycles. The monoisotopic (exact) mass is 322 g/mol. The van der Waals surface area contributed by atoms with Gasteiger partial charge < -0.3 is 10.1 Å². The Hall–Kier alpha value is -2.75. The molecule has 0 spiro atoms. The highest BCUT2D eigenvalue weighted by molar-refractivity contribution is 6.06. The molecule has 0 saturated carbocycles. The fourth-order valence-corrected chi connectivity index (χ4v) is 3.21. The van der Waals surface area contributed by atoms with Gasteiger partial charge in [-0.2, -0.15) is 0 Å². The number of nitrogens with zero attached hydrogens (tertiary/aromatic N) is 1. The quantitative estimate of drug-likeness (QED) is 0.852. The lowest BCUT2D eigenvalue weighted by Crippen LogP contribution is -2.50. The van der Waals surface area contributed by atoms with Gasteiger partial charge in [0.1, 0.15) is 5.75 Å². The number of urea groups is 1. The fraction of sp³-hybridized carbons (Fsp3) is 0.250. The van der Waals surface area contributed by atoms with Crippen molar-refractivity contribution in [1.29, 1.82) is 0 Å². The van der Waals surface area contributed by atoms with Gasteiger partial charge in [0, 0.05) is 17.3 Å². The van der Waals surface area contributed by atoms with Crippen LogP contribution in [0.2, 0.25) is 0 Å². The van der Waals surface area contributed by atoms with Crippen LogP contribution in [-0.2, 0) is 0 Å². The molecule has 4 heteroatoms. The van der Waals surface area contributed by atoms with Gasteiger partial charge in [-0.25, -0.2) is 4.79 Å². The minimum Gasteiger partial charge on any atom is -0.497 e. The number of fused-ring (bicyclic) bond motifs is 1. The summed E-state index contributed by atoms with van der Waals surface area (Å²) in [5.74, 6) is 0.733. The number of hydrogen-bond donors (Lipinski definition) is 1. The van der Waals surface area contributed by atoms with E-state index >= 15 is 0 Å². The number of amides is 2. The van der Waals surface area contributed by atoms with Crippen molar-refractivity contribution < 1.29 is 9.53 Å². The van der Waals surface area contributed by atoms with Crippen LogP contribution < -0.4 is 15.0 Å². The van der Waals surface area contributed by atoms with Crippen molar-refractivity contribution in [1.82, 2.24) is 0 Å². The maximum atomic E-state index is 13.0. The maximum absolute atomic E-state index is 13.0. The number of ether oxygens (including phenoxy) is 1. The molecule has 4 nitrogen and oxygen atoms in total. The third-order valence-electron chi connectivity index (χ3n) is 4.24. The minimum absolute atomic E-state index is 0.163. The van der Waals surface area contributed by atoms with Gasteiger partial charge in [-0.05, 0) is 50.6 Å². The zero-order valence-corrected chi connectivity index (χ0v) is 14.5. The van der Waals surface area contributed by atoms with E-state index < -0.39 is 5.54 Å². The Morgan fingerprint density at radius 3 is 2.50 bits per heavy atom. The summed E-state index contributed by atoms with van der Waals surface area (Å²) < 4.78 is 5.35. The molecule has 24 heavy (non-hydrogen) atoms. The second-order valence-corrected chi connectivity index (χ2v) is 6.50. The third kappa shape index (κ3) is 2.87. The molecular weight excluding hydrogens is 300 g/mol. The van der Waals surface area contributed by atoms with Crippen molar-refractivity contribution in [3.8, 4) is 5.75 Å². The largest absolute Gasteiger partial charge is 0.497 e. The predicted octanol–water partition coefficient (Wildman–Crippen LogP) is 4.93. The predicted molar refractivity (Wildman–Crippen MR) is 98.7 cm³/mol. The minimum atomic E-state index is -0.442. The number of allylic oxidation sites excluding steroid dienone is 1. The molecule has 3 rings (SSSR count). The summed E-state index contributed by atoms with van der Waals surface area (Å²) in [7, 11) is 1.63. The zero-order valence-electron chi connectivity index (χ0n) is 14.5. The maximum Gasteiger partial charge on any atom is 0.327 e. The Morgan fingerprint density at radius 2 is 1.83 bits per heavy atom. The summed E-state index contributed by atoms with van der Waals surface area (Å²) >= 11 is 0. The SMILES string of the molecule is COc1ccc2c(c1)N(C(=O)Nc1ccccc1)C(C)(C)C=C2C.